The molecule has 0 radical (unpaired) electrons. The summed E-state index contributed by atoms with van der Waals surface area (Å²) in [6, 6.07) is 10.0. The van der Waals surface area contributed by atoms with Crippen molar-refractivity contribution in [2.75, 3.05) is 6.54 Å². The van der Waals surface area contributed by atoms with Crippen LogP contribution in [0.5, 0.6) is 0 Å². The molecular weight excluding hydrogens is 284 g/mol. The molecule has 0 atom stereocenters. The molecule has 0 fully saturated rings. The summed E-state index contributed by atoms with van der Waals surface area (Å²) < 4.78 is 0. The predicted octanol–water partition coefficient (Wildman–Crippen LogP) is 4.01. The number of aliphatic imine (C=N–C) groups is 1. The molecule has 4 heteroatoms. The summed E-state index contributed by atoms with van der Waals surface area (Å²) in [5, 5.41) is 3.31. The van der Waals surface area contributed by atoms with E-state index in [4.69, 9.17) is 0 Å². The van der Waals surface area contributed by atoms with Crippen molar-refractivity contribution in [1.29, 1.82) is 0 Å². The van der Waals surface area contributed by atoms with Crippen molar-refractivity contribution in [2.24, 2.45) is 4.99 Å². The normalized spacial score (nSPS) is 11.3. The number of rotatable bonds is 7. The van der Waals surface area contributed by atoms with Gasteiger partial charge in [-0.3, -0.25) is 4.99 Å². The van der Waals surface area contributed by atoms with E-state index in [1.807, 2.05) is 25.1 Å². The maximum atomic E-state index is 4.58. The van der Waals surface area contributed by atoms with Crippen LogP contribution in [0.25, 0.3) is 11.4 Å². The van der Waals surface area contributed by atoms with Crippen LogP contribution in [0.15, 0.2) is 59.9 Å². The molecule has 0 aliphatic rings. The summed E-state index contributed by atoms with van der Waals surface area (Å²) in [5.41, 5.74) is 3.37. The molecule has 0 aliphatic carbocycles. The third-order valence-electron chi connectivity index (χ3n) is 3.45. The molecule has 1 aromatic heterocycles. The summed E-state index contributed by atoms with van der Waals surface area (Å²) in [4.78, 5) is 13.2. The SMILES string of the molecule is C=C(CCC)CNC(C)=NCc1cccc(-c2ncccn2)c1. The minimum Gasteiger partial charge on any atom is -0.370 e. The number of benzene rings is 1. The average molecular weight is 308 g/mol. The largest absolute Gasteiger partial charge is 0.370 e. The van der Waals surface area contributed by atoms with Gasteiger partial charge in [0, 0.05) is 24.5 Å². The number of hydrogen-bond donors (Lipinski definition) is 1. The average Bonchev–Trinajstić information content (AvgIpc) is 2.59. The first-order valence-corrected chi connectivity index (χ1v) is 7.97. The highest BCUT2D eigenvalue weighted by atomic mass is 15.0. The summed E-state index contributed by atoms with van der Waals surface area (Å²) in [7, 11) is 0. The van der Waals surface area contributed by atoms with Crippen molar-refractivity contribution < 1.29 is 0 Å². The standard InChI is InChI=1S/C19H24N4/c1-4-7-15(2)13-22-16(3)23-14-17-8-5-9-18(12-17)19-20-10-6-11-21-19/h5-6,8-12H,2,4,7,13-14H2,1,3H3,(H,22,23). The van der Waals surface area contributed by atoms with E-state index in [1.165, 1.54) is 5.57 Å². The zero-order chi connectivity index (χ0) is 16.5. The molecule has 2 rings (SSSR count). The van der Waals surface area contributed by atoms with Gasteiger partial charge in [-0.1, -0.05) is 43.7 Å². The van der Waals surface area contributed by atoms with E-state index in [2.05, 4.69) is 45.9 Å². The number of amidine groups is 1. The number of hydrogen-bond acceptors (Lipinski definition) is 3. The van der Waals surface area contributed by atoms with Gasteiger partial charge in [0.1, 0.15) is 0 Å². The quantitative estimate of drug-likeness (QED) is 0.478. The van der Waals surface area contributed by atoms with Gasteiger partial charge in [-0.2, -0.15) is 0 Å². The van der Waals surface area contributed by atoms with Crippen LogP contribution in [0, 0.1) is 0 Å². The molecule has 4 nitrogen and oxygen atoms in total. The van der Waals surface area contributed by atoms with Crippen molar-refractivity contribution in [1.82, 2.24) is 15.3 Å². The number of nitrogens with zero attached hydrogens (tertiary/aromatic N) is 3. The van der Waals surface area contributed by atoms with Crippen molar-refractivity contribution in [3.05, 3.63) is 60.4 Å². The van der Waals surface area contributed by atoms with Crippen LogP contribution in [-0.2, 0) is 6.54 Å². The van der Waals surface area contributed by atoms with E-state index in [9.17, 15) is 0 Å². The summed E-state index contributed by atoms with van der Waals surface area (Å²) >= 11 is 0. The summed E-state index contributed by atoms with van der Waals surface area (Å²) in [5.74, 6) is 1.67. The van der Waals surface area contributed by atoms with E-state index < -0.39 is 0 Å². The van der Waals surface area contributed by atoms with Gasteiger partial charge in [0.25, 0.3) is 0 Å². The molecule has 0 amide bonds. The van der Waals surface area contributed by atoms with Crippen LogP contribution >= 0.6 is 0 Å². The molecule has 1 heterocycles. The van der Waals surface area contributed by atoms with Crippen molar-refractivity contribution >= 4 is 5.84 Å². The Labute approximate surface area is 138 Å². The highest BCUT2D eigenvalue weighted by Crippen LogP contribution is 2.16. The Morgan fingerprint density at radius 2 is 2.00 bits per heavy atom. The zero-order valence-corrected chi connectivity index (χ0v) is 13.9. The fraction of sp³-hybridized carbons (Fsp3) is 0.316. The minimum atomic E-state index is 0.639. The summed E-state index contributed by atoms with van der Waals surface area (Å²) in [6.45, 7) is 9.63. The highest BCUT2D eigenvalue weighted by Gasteiger charge is 2.01. The Morgan fingerprint density at radius 3 is 2.74 bits per heavy atom. The number of nitrogens with one attached hydrogen (secondary N) is 1. The van der Waals surface area contributed by atoms with E-state index in [0.29, 0.717) is 6.54 Å². The molecule has 0 spiro atoms. The Morgan fingerprint density at radius 1 is 1.22 bits per heavy atom. The lowest BCUT2D eigenvalue weighted by molar-refractivity contribution is 0.839. The molecule has 2 aromatic rings. The smallest absolute Gasteiger partial charge is 0.159 e. The van der Waals surface area contributed by atoms with Crippen LogP contribution in [0.1, 0.15) is 32.3 Å². The third-order valence-corrected chi connectivity index (χ3v) is 3.45. The minimum absolute atomic E-state index is 0.639. The second-order valence-electron chi connectivity index (χ2n) is 5.53. The lowest BCUT2D eigenvalue weighted by atomic mass is 10.1. The van der Waals surface area contributed by atoms with Gasteiger partial charge in [-0.25, -0.2) is 9.97 Å². The molecule has 0 saturated heterocycles. The van der Waals surface area contributed by atoms with Crippen LogP contribution in [-0.4, -0.2) is 22.3 Å². The van der Waals surface area contributed by atoms with E-state index in [1.54, 1.807) is 12.4 Å². The van der Waals surface area contributed by atoms with Gasteiger partial charge < -0.3 is 5.32 Å². The van der Waals surface area contributed by atoms with Gasteiger partial charge in [0.15, 0.2) is 5.82 Å². The Balaban J connectivity index is 1.95. The van der Waals surface area contributed by atoms with Crippen LogP contribution in [0.4, 0.5) is 0 Å². The molecule has 1 aromatic carbocycles. The fourth-order valence-corrected chi connectivity index (χ4v) is 2.22. The first kappa shape index (κ1) is 16.9. The van der Waals surface area contributed by atoms with Crippen molar-refractivity contribution in [3.63, 3.8) is 0 Å². The van der Waals surface area contributed by atoms with Crippen LogP contribution < -0.4 is 5.32 Å². The highest BCUT2D eigenvalue weighted by molar-refractivity contribution is 5.79. The Bertz CT molecular complexity index is 662. The first-order valence-electron chi connectivity index (χ1n) is 7.97. The van der Waals surface area contributed by atoms with Gasteiger partial charge >= 0.3 is 0 Å². The third kappa shape index (κ3) is 5.66. The monoisotopic (exact) mass is 308 g/mol. The molecule has 0 bridgehead atoms. The maximum Gasteiger partial charge on any atom is 0.159 e. The molecule has 120 valence electrons. The van der Waals surface area contributed by atoms with Gasteiger partial charge in [-0.05, 0) is 31.0 Å². The molecule has 0 aliphatic heterocycles. The number of aromatic nitrogens is 2. The molecule has 1 N–H and O–H groups in total. The molecular formula is C19H24N4. The zero-order valence-electron chi connectivity index (χ0n) is 13.9. The van der Waals surface area contributed by atoms with E-state index >= 15 is 0 Å². The topological polar surface area (TPSA) is 50.2 Å². The second kappa shape index (κ2) is 8.83. The van der Waals surface area contributed by atoms with Gasteiger partial charge in [0.05, 0.1) is 12.4 Å². The van der Waals surface area contributed by atoms with Crippen LogP contribution in [0.2, 0.25) is 0 Å². The Hall–Kier alpha value is -2.49. The molecule has 23 heavy (non-hydrogen) atoms. The predicted molar refractivity (Wildman–Crippen MR) is 96.3 cm³/mol. The molecule has 0 saturated carbocycles. The second-order valence-corrected chi connectivity index (χ2v) is 5.53. The van der Waals surface area contributed by atoms with E-state index in [0.717, 1.165) is 42.2 Å². The molecule has 0 unspecified atom stereocenters. The maximum absolute atomic E-state index is 4.58. The van der Waals surface area contributed by atoms with Crippen molar-refractivity contribution in [2.45, 2.75) is 33.2 Å². The first-order chi connectivity index (χ1) is 11.2. The van der Waals surface area contributed by atoms with Crippen molar-refractivity contribution in [3.8, 4) is 11.4 Å². The van der Waals surface area contributed by atoms with E-state index in [-0.39, 0.29) is 0 Å². The lowest BCUT2D eigenvalue weighted by Gasteiger charge is -2.08. The van der Waals surface area contributed by atoms with Gasteiger partial charge in [-0.15, -0.1) is 0 Å². The van der Waals surface area contributed by atoms with Crippen LogP contribution in [0.3, 0.4) is 0 Å². The lowest BCUT2D eigenvalue weighted by Crippen LogP contribution is -2.22. The summed E-state index contributed by atoms with van der Waals surface area (Å²) in [6.07, 6.45) is 5.69. The van der Waals surface area contributed by atoms with Gasteiger partial charge in [0.2, 0.25) is 0 Å². The Kier molecular flexibility index (Phi) is 6.48. The fourth-order valence-electron chi connectivity index (χ4n) is 2.22.